The fraction of sp³-hybridized carbons (Fsp3) is 0.0385. The summed E-state index contributed by atoms with van der Waals surface area (Å²) in [6.07, 6.45) is 1.71. The number of anilines is 1. The molecule has 0 radical (unpaired) electrons. The van der Waals surface area contributed by atoms with Gasteiger partial charge in [0.15, 0.2) is 5.57 Å². The lowest BCUT2D eigenvalue weighted by molar-refractivity contribution is -0.111. The predicted molar refractivity (Wildman–Crippen MR) is 135 cm³/mol. The zero-order valence-corrected chi connectivity index (χ0v) is 19.6. The number of hydrogen-bond acceptors (Lipinski definition) is 5. The van der Waals surface area contributed by atoms with Crippen LogP contribution in [0.15, 0.2) is 83.7 Å². The van der Waals surface area contributed by atoms with E-state index < -0.39 is 5.91 Å². The van der Waals surface area contributed by atoms with E-state index in [1.54, 1.807) is 73.8 Å². The molecule has 0 aliphatic rings. The molecule has 1 aromatic heterocycles. The molecule has 6 nitrogen and oxygen atoms in total. The molecule has 34 heavy (non-hydrogen) atoms. The average molecular weight is 488 g/mol. The van der Waals surface area contributed by atoms with Crippen LogP contribution in [-0.2, 0) is 4.79 Å². The van der Waals surface area contributed by atoms with Crippen LogP contribution in [0, 0.1) is 11.3 Å². The Kier molecular flexibility index (Phi) is 6.93. The van der Waals surface area contributed by atoms with Crippen molar-refractivity contribution in [3.05, 3.63) is 109 Å². The summed E-state index contributed by atoms with van der Waals surface area (Å²) in [5, 5.41) is 12.9. The Morgan fingerprint density at radius 1 is 1.09 bits per heavy atom. The fourth-order valence-electron chi connectivity index (χ4n) is 3.29. The Morgan fingerprint density at radius 3 is 2.53 bits per heavy atom. The van der Waals surface area contributed by atoms with Crippen molar-refractivity contribution >= 4 is 46.2 Å². The van der Waals surface area contributed by atoms with E-state index >= 15 is 0 Å². The fourth-order valence-corrected chi connectivity index (χ4v) is 4.57. The predicted octanol–water partition coefficient (Wildman–Crippen LogP) is 3.70. The van der Waals surface area contributed by atoms with E-state index in [0.29, 0.717) is 26.7 Å². The number of methoxy groups -OCH3 is 1. The molecule has 0 saturated heterocycles. The van der Waals surface area contributed by atoms with Gasteiger partial charge in [-0.3, -0.25) is 14.2 Å². The van der Waals surface area contributed by atoms with Crippen molar-refractivity contribution in [2.45, 2.75) is 0 Å². The molecule has 0 aliphatic heterocycles. The molecule has 0 atom stereocenters. The monoisotopic (exact) mass is 487 g/mol. The van der Waals surface area contributed by atoms with Gasteiger partial charge in [-0.1, -0.05) is 54.1 Å². The van der Waals surface area contributed by atoms with Gasteiger partial charge in [-0.25, -0.2) is 0 Å². The molecule has 1 heterocycles. The van der Waals surface area contributed by atoms with Gasteiger partial charge in [0, 0.05) is 0 Å². The van der Waals surface area contributed by atoms with Crippen LogP contribution >= 0.6 is 22.9 Å². The third-order valence-corrected chi connectivity index (χ3v) is 6.33. The van der Waals surface area contributed by atoms with E-state index in [2.05, 4.69) is 5.32 Å². The van der Waals surface area contributed by atoms with Crippen LogP contribution in [0.3, 0.4) is 0 Å². The van der Waals surface area contributed by atoms with Gasteiger partial charge >= 0.3 is 0 Å². The van der Waals surface area contributed by atoms with Gasteiger partial charge in [-0.2, -0.15) is 5.26 Å². The first kappa shape index (κ1) is 23.1. The first-order valence-corrected chi connectivity index (χ1v) is 11.3. The molecule has 4 rings (SSSR count). The highest BCUT2D eigenvalue weighted by Gasteiger charge is 2.18. The van der Waals surface area contributed by atoms with Crippen LogP contribution < -0.4 is 24.8 Å². The summed E-state index contributed by atoms with van der Waals surface area (Å²) in [6, 6.07) is 24.8. The van der Waals surface area contributed by atoms with Gasteiger partial charge in [0.05, 0.1) is 28.0 Å². The van der Waals surface area contributed by atoms with Gasteiger partial charge in [0.2, 0.25) is 0 Å². The maximum Gasteiger partial charge on any atom is 0.273 e. The van der Waals surface area contributed by atoms with Gasteiger partial charge in [-0.15, -0.1) is 11.3 Å². The number of benzene rings is 3. The molecule has 1 N–H and O–H groups in total. The summed E-state index contributed by atoms with van der Waals surface area (Å²) < 4.78 is 7.23. The first-order valence-electron chi connectivity index (χ1n) is 10.1. The molecule has 3 aromatic carbocycles. The van der Waals surface area contributed by atoms with Gasteiger partial charge in [-0.05, 0) is 48.0 Å². The second-order valence-corrected chi connectivity index (χ2v) is 8.53. The van der Waals surface area contributed by atoms with Crippen LogP contribution in [0.5, 0.6) is 5.75 Å². The lowest BCUT2D eigenvalue weighted by atomic mass is 10.2. The van der Waals surface area contributed by atoms with Crippen molar-refractivity contribution in [1.82, 2.24) is 4.57 Å². The molecular formula is C26H18ClN3O3S. The van der Waals surface area contributed by atoms with E-state index in [-0.39, 0.29) is 15.8 Å². The number of para-hydroxylation sites is 2. The Hall–Kier alpha value is -4.12. The van der Waals surface area contributed by atoms with Crippen LogP contribution in [-0.4, -0.2) is 17.6 Å². The number of aromatic nitrogens is 1. The van der Waals surface area contributed by atoms with Crippen LogP contribution in [0.25, 0.3) is 17.3 Å². The summed E-state index contributed by atoms with van der Waals surface area (Å²) in [5.41, 5.74) is 1.13. The maximum atomic E-state index is 13.4. The second kappa shape index (κ2) is 10.2. The number of amides is 1. The largest absolute Gasteiger partial charge is 0.497 e. The van der Waals surface area contributed by atoms with Gasteiger partial charge in [0.1, 0.15) is 16.5 Å². The molecular weight excluding hydrogens is 470 g/mol. The minimum atomic E-state index is -0.658. The van der Waals surface area contributed by atoms with Crippen LogP contribution in [0.1, 0.15) is 5.56 Å². The standard InChI is InChI=1S/C26H18ClN3O3S/c1-33-19-11-7-8-17(14-19)15-23-25(32)30(18-9-3-2-4-10-18)26(34-23)20(16-28)24(31)29-22-13-6-5-12-21(22)27/h2-15H,1H3,(H,29,31). The van der Waals surface area contributed by atoms with Crippen molar-refractivity contribution in [2.75, 3.05) is 12.4 Å². The van der Waals surface area contributed by atoms with Crippen LogP contribution in [0.2, 0.25) is 5.02 Å². The minimum Gasteiger partial charge on any atom is -0.497 e. The normalized spacial score (nSPS) is 12.1. The Bertz CT molecular complexity index is 1580. The topological polar surface area (TPSA) is 84.1 Å². The molecule has 0 aliphatic carbocycles. The number of nitrogens with one attached hydrogen (secondary N) is 1. The summed E-state index contributed by atoms with van der Waals surface area (Å²) in [4.78, 5) is 26.5. The number of carbonyl (C=O) groups is 1. The van der Waals surface area contributed by atoms with Gasteiger partial charge in [0.25, 0.3) is 11.5 Å². The molecule has 0 spiro atoms. The number of ether oxygens (including phenoxy) is 1. The number of hydrogen-bond donors (Lipinski definition) is 1. The molecule has 168 valence electrons. The average Bonchev–Trinajstić information content (AvgIpc) is 3.17. The Balaban J connectivity index is 1.96. The summed E-state index contributed by atoms with van der Waals surface area (Å²) in [5.74, 6) is -0.00762. The molecule has 4 aromatic rings. The molecule has 8 heteroatoms. The number of thiazole rings is 1. The molecule has 0 bridgehead atoms. The quantitative estimate of drug-likeness (QED) is 0.465. The molecule has 0 saturated carbocycles. The maximum absolute atomic E-state index is 13.4. The molecule has 1 amide bonds. The van der Waals surface area contributed by atoms with E-state index in [1.165, 1.54) is 4.57 Å². The third kappa shape index (κ3) is 4.79. The van der Waals surface area contributed by atoms with E-state index in [4.69, 9.17) is 16.3 Å². The van der Waals surface area contributed by atoms with Crippen LogP contribution in [0.4, 0.5) is 5.69 Å². The number of nitrogens with zero attached hydrogens (tertiary/aromatic N) is 2. The number of halogens is 1. The number of carbonyl (C=O) groups excluding carboxylic acids is 1. The second-order valence-electron chi connectivity index (χ2n) is 7.09. The Morgan fingerprint density at radius 2 is 1.82 bits per heavy atom. The smallest absolute Gasteiger partial charge is 0.273 e. The summed E-state index contributed by atoms with van der Waals surface area (Å²) >= 11 is 7.22. The molecule has 0 fully saturated rings. The van der Waals surface area contributed by atoms with Crippen molar-refractivity contribution in [1.29, 1.82) is 5.26 Å². The number of rotatable bonds is 5. The SMILES string of the molecule is COc1cccc(C=c2sc(=C(C#N)C(=O)Nc3ccccc3Cl)n(-c3ccccc3)c2=O)c1. The van der Waals surface area contributed by atoms with E-state index in [9.17, 15) is 14.9 Å². The molecule has 0 unspecified atom stereocenters. The first-order chi connectivity index (χ1) is 16.5. The highest BCUT2D eigenvalue weighted by molar-refractivity contribution is 7.07. The zero-order chi connectivity index (χ0) is 24.1. The highest BCUT2D eigenvalue weighted by Crippen LogP contribution is 2.21. The highest BCUT2D eigenvalue weighted by atomic mass is 35.5. The van der Waals surface area contributed by atoms with Crippen molar-refractivity contribution < 1.29 is 9.53 Å². The summed E-state index contributed by atoms with van der Waals surface area (Å²) in [6.45, 7) is 0. The third-order valence-electron chi connectivity index (χ3n) is 4.90. The summed E-state index contributed by atoms with van der Waals surface area (Å²) in [7, 11) is 1.57. The van der Waals surface area contributed by atoms with Crippen molar-refractivity contribution in [2.24, 2.45) is 0 Å². The lowest BCUT2D eigenvalue weighted by Gasteiger charge is -2.07. The van der Waals surface area contributed by atoms with Gasteiger partial charge < -0.3 is 10.1 Å². The van der Waals surface area contributed by atoms with Crippen molar-refractivity contribution in [3.8, 4) is 17.5 Å². The van der Waals surface area contributed by atoms with E-state index in [0.717, 1.165) is 16.9 Å². The zero-order valence-electron chi connectivity index (χ0n) is 18.0. The lowest BCUT2D eigenvalue weighted by Crippen LogP contribution is -2.32. The van der Waals surface area contributed by atoms with E-state index in [1.807, 2.05) is 24.3 Å². The van der Waals surface area contributed by atoms with Crippen molar-refractivity contribution in [3.63, 3.8) is 0 Å². The minimum absolute atomic E-state index is 0.198. The number of nitriles is 1. The Labute approximate surface area is 204 Å².